The molecule has 0 saturated heterocycles. The number of pyridine rings is 1. The van der Waals surface area contributed by atoms with E-state index < -0.39 is 18.1 Å². The van der Waals surface area contributed by atoms with Crippen LogP contribution in [-0.2, 0) is 16.0 Å². The minimum absolute atomic E-state index is 0.301. The van der Waals surface area contributed by atoms with Crippen molar-refractivity contribution in [3.63, 3.8) is 0 Å². The van der Waals surface area contributed by atoms with Crippen LogP contribution in [0.3, 0.4) is 0 Å². The fourth-order valence-corrected chi connectivity index (χ4v) is 2.76. The van der Waals surface area contributed by atoms with Gasteiger partial charge in [0.25, 0.3) is 5.91 Å². The minimum Gasteiger partial charge on any atom is -0.388 e. The molecule has 0 aliphatic rings. The average molecular weight is 404 g/mol. The number of aliphatic hydroxyl groups excluding tert-OH is 1. The fourth-order valence-electron chi connectivity index (χ4n) is 2.59. The van der Waals surface area contributed by atoms with Crippen molar-refractivity contribution in [2.24, 2.45) is 0 Å². The largest absolute Gasteiger partial charge is 0.388 e. The zero-order chi connectivity index (χ0) is 20.5. The van der Waals surface area contributed by atoms with Gasteiger partial charge in [0.05, 0.1) is 17.8 Å². The number of benzene rings is 1. The van der Waals surface area contributed by atoms with Crippen molar-refractivity contribution in [2.45, 2.75) is 18.6 Å². The second-order valence-corrected chi connectivity index (χ2v) is 6.47. The minimum atomic E-state index is -1.30. The molecule has 8 heteroatoms. The first-order chi connectivity index (χ1) is 13.5. The summed E-state index contributed by atoms with van der Waals surface area (Å²) >= 11 is 5.85. The number of hydrogen-bond acceptors (Lipinski definition) is 5. The van der Waals surface area contributed by atoms with E-state index in [0.717, 1.165) is 10.9 Å². The first-order valence-corrected chi connectivity index (χ1v) is 8.88. The molecule has 2 aromatic heterocycles. The van der Waals surface area contributed by atoms with Crippen molar-refractivity contribution >= 4 is 34.7 Å². The number of nitrogens with one attached hydrogen (secondary N) is 2. The van der Waals surface area contributed by atoms with Crippen LogP contribution in [-0.4, -0.2) is 53.6 Å². The number of carbonyl (C=O) groups is 2. The molecule has 1 unspecified atom stereocenters. The summed E-state index contributed by atoms with van der Waals surface area (Å²) in [5.41, 5.74) is 1.88. The highest BCUT2D eigenvalue weighted by molar-refractivity contribution is 6.30. The molecule has 7 nitrogen and oxygen atoms in total. The lowest BCUT2D eigenvalue weighted by atomic mass is 10.0. The van der Waals surface area contributed by atoms with Crippen LogP contribution in [0.2, 0.25) is 5.15 Å². The number of aromatic nitrogens is 2. The molecule has 0 saturated carbocycles. The lowest BCUT2D eigenvalue weighted by Gasteiger charge is -2.20. The summed E-state index contributed by atoms with van der Waals surface area (Å²) in [5, 5.41) is 13.7. The topological polar surface area (TPSA) is 104 Å². The number of halogens is 1. The van der Waals surface area contributed by atoms with Crippen LogP contribution in [0.5, 0.6) is 0 Å². The normalized spacial score (nSPS) is 12.6. The number of aromatic amines is 1. The molecule has 3 N–H and O–H groups in total. The van der Waals surface area contributed by atoms with Gasteiger partial charge in [-0.15, -0.1) is 0 Å². The number of methoxy groups -OCH3 is 1. The summed E-state index contributed by atoms with van der Waals surface area (Å²) < 4.78 is 4.25. The third kappa shape index (κ3) is 5.88. The van der Waals surface area contributed by atoms with Crippen LogP contribution in [0.1, 0.15) is 16.1 Å². The molecule has 2 atom stereocenters. The SMILES string of the molecule is COC.O=CC(O)[C@H](Cc1ccccc1)NC(=O)c1cc2cc(Cl)ncc2[nH]1. The molecule has 0 bridgehead atoms. The molecule has 0 aliphatic heterocycles. The number of hydrogen-bond donors (Lipinski definition) is 3. The number of aliphatic hydroxyl groups is 1. The maximum absolute atomic E-state index is 12.5. The number of fused-ring (bicyclic) bond motifs is 1. The molecular weight excluding hydrogens is 382 g/mol. The van der Waals surface area contributed by atoms with E-state index in [0.29, 0.717) is 29.1 Å². The predicted octanol–water partition coefficient (Wildman–Crippen LogP) is 2.38. The third-order valence-electron chi connectivity index (χ3n) is 3.88. The summed E-state index contributed by atoms with van der Waals surface area (Å²) in [6, 6.07) is 11.9. The van der Waals surface area contributed by atoms with Gasteiger partial charge in [-0.3, -0.25) is 4.79 Å². The van der Waals surface area contributed by atoms with E-state index >= 15 is 0 Å². The van der Waals surface area contributed by atoms with Crippen molar-refractivity contribution in [3.05, 3.63) is 65.1 Å². The van der Waals surface area contributed by atoms with Crippen molar-refractivity contribution in [2.75, 3.05) is 14.2 Å². The van der Waals surface area contributed by atoms with Gasteiger partial charge in [-0.05, 0) is 24.1 Å². The van der Waals surface area contributed by atoms with E-state index in [4.69, 9.17) is 11.6 Å². The molecule has 1 amide bonds. The van der Waals surface area contributed by atoms with Crippen LogP contribution in [0.4, 0.5) is 0 Å². The Bertz CT molecular complexity index is 914. The lowest BCUT2D eigenvalue weighted by molar-refractivity contribution is -0.115. The lowest BCUT2D eigenvalue weighted by Crippen LogP contribution is -2.45. The summed E-state index contributed by atoms with van der Waals surface area (Å²) in [6.07, 6.45) is 0.989. The Balaban J connectivity index is 0.000000878. The molecule has 2 heterocycles. The summed E-state index contributed by atoms with van der Waals surface area (Å²) in [5.74, 6) is -0.422. The highest BCUT2D eigenvalue weighted by Gasteiger charge is 2.22. The zero-order valence-electron chi connectivity index (χ0n) is 15.6. The number of ether oxygens (including phenoxy) is 1. The van der Waals surface area contributed by atoms with Gasteiger partial charge in [-0.1, -0.05) is 41.9 Å². The van der Waals surface area contributed by atoms with Gasteiger partial charge in [0.15, 0.2) is 6.29 Å². The van der Waals surface area contributed by atoms with Crippen molar-refractivity contribution in [1.29, 1.82) is 0 Å². The molecule has 1 aromatic carbocycles. The Labute approximate surface area is 167 Å². The van der Waals surface area contributed by atoms with Crippen molar-refractivity contribution in [1.82, 2.24) is 15.3 Å². The van der Waals surface area contributed by atoms with E-state index in [1.54, 1.807) is 26.4 Å². The van der Waals surface area contributed by atoms with Gasteiger partial charge in [-0.25, -0.2) is 4.98 Å². The number of H-pyrrole nitrogens is 1. The number of carbonyl (C=O) groups excluding carboxylic acids is 2. The van der Waals surface area contributed by atoms with Crippen LogP contribution in [0.25, 0.3) is 10.9 Å². The molecule has 0 fully saturated rings. The Kier molecular flexibility index (Phi) is 8.13. The second-order valence-electron chi connectivity index (χ2n) is 6.08. The van der Waals surface area contributed by atoms with E-state index in [9.17, 15) is 14.7 Å². The Morgan fingerprint density at radius 2 is 2.00 bits per heavy atom. The Hall–Kier alpha value is -2.74. The molecule has 3 aromatic rings. The number of aldehydes is 1. The summed E-state index contributed by atoms with van der Waals surface area (Å²) in [7, 11) is 3.25. The maximum atomic E-state index is 12.5. The molecule has 3 rings (SSSR count). The van der Waals surface area contributed by atoms with Gasteiger partial charge in [0.2, 0.25) is 0 Å². The van der Waals surface area contributed by atoms with Gasteiger partial charge in [-0.2, -0.15) is 0 Å². The fraction of sp³-hybridized carbons (Fsp3) is 0.250. The molecule has 28 heavy (non-hydrogen) atoms. The number of nitrogens with zero attached hydrogens (tertiary/aromatic N) is 1. The third-order valence-corrected chi connectivity index (χ3v) is 4.09. The Morgan fingerprint density at radius 3 is 2.64 bits per heavy atom. The van der Waals surface area contributed by atoms with Crippen LogP contribution >= 0.6 is 11.6 Å². The van der Waals surface area contributed by atoms with E-state index in [1.807, 2.05) is 30.3 Å². The zero-order valence-corrected chi connectivity index (χ0v) is 16.3. The van der Waals surface area contributed by atoms with Crippen molar-refractivity contribution in [3.8, 4) is 0 Å². The molecule has 148 valence electrons. The molecule has 0 radical (unpaired) electrons. The van der Waals surface area contributed by atoms with Crippen LogP contribution in [0.15, 0.2) is 48.7 Å². The second kappa shape index (κ2) is 10.6. The molecular formula is C20H22ClN3O4. The van der Waals surface area contributed by atoms with Crippen LogP contribution in [0, 0.1) is 0 Å². The van der Waals surface area contributed by atoms with Gasteiger partial charge >= 0.3 is 0 Å². The number of rotatable bonds is 6. The van der Waals surface area contributed by atoms with Crippen molar-refractivity contribution < 1.29 is 19.4 Å². The maximum Gasteiger partial charge on any atom is 0.268 e. The summed E-state index contributed by atoms with van der Waals surface area (Å²) in [4.78, 5) is 30.4. The average Bonchev–Trinajstić information content (AvgIpc) is 3.11. The predicted molar refractivity (Wildman–Crippen MR) is 108 cm³/mol. The van der Waals surface area contributed by atoms with Crippen LogP contribution < -0.4 is 5.32 Å². The van der Waals surface area contributed by atoms with E-state index in [-0.39, 0.29) is 0 Å². The first-order valence-electron chi connectivity index (χ1n) is 8.51. The standard InChI is InChI=1S/C18H16ClN3O3.C2H6O/c19-17-8-12-7-14(21-15(12)9-20-17)18(25)22-13(16(24)10-23)6-11-4-2-1-3-5-11;1-3-2/h1-5,7-10,13,16,21,24H,6H2,(H,22,25);1-2H3/t13-,16?;/m0./s1. The van der Waals surface area contributed by atoms with E-state index in [2.05, 4.69) is 20.0 Å². The van der Waals surface area contributed by atoms with Gasteiger partial charge in [0, 0.05) is 19.6 Å². The summed E-state index contributed by atoms with van der Waals surface area (Å²) in [6.45, 7) is 0. The Morgan fingerprint density at radius 1 is 1.32 bits per heavy atom. The first kappa shape index (κ1) is 21.6. The van der Waals surface area contributed by atoms with Gasteiger partial charge < -0.3 is 24.9 Å². The quantitative estimate of drug-likeness (QED) is 0.433. The smallest absolute Gasteiger partial charge is 0.268 e. The number of amides is 1. The molecule has 0 spiro atoms. The van der Waals surface area contributed by atoms with E-state index in [1.165, 1.54) is 6.20 Å². The highest BCUT2D eigenvalue weighted by atomic mass is 35.5. The highest BCUT2D eigenvalue weighted by Crippen LogP contribution is 2.18. The monoisotopic (exact) mass is 403 g/mol. The van der Waals surface area contributed by atoms with Gasteiger partial charge in [0.1, 0.15) is 17.0 Å². The molecule has 0 aliphatic carbocycles.